The van der Waals surface area contributed by atoms with Crippen LogP contribution in [0.5, 0.6) is 0 Å². The van der Waals surface area contributed by atoms with E-state index in [1.165, 1.54) is 35.2 Å². The average molecular weight is 625 g/mol. The highest BCUT2D eigenvalue weighted by molar-refractivity contribution is 7.92. The largest absolute Gasteiger partial charge is 0.354 e. The number of sulfonamides is 1. The molecule has 7 nitrogen and oxygen atoms in total. The van der Waals surface area contributed by atoms with Crippen LogP contribution in [-0.2, 0) is 26.2 Å². The zero-order valence-corrected chi connectivity index (χ0v) is 25.6. The number of nitrogens with zero attached hydrogens (tertiary/aromatic N) is 2. The van der Waals surface area contributed by atoms with E-state index >= 15 is 0 Å². The van der Waals surface area contributed by atoms with Crippen LogP contribution in [0.3, 0.4) is 0 Å². The first kappa shape index (κ1) is 31.7. The molecule has 0 saturated carbocycles. The number of halogens is 3. The van der Waals surface area contributed by atoms with E-state index in [1.807, 2.05) is 13.8 Å². The van der Waals surface area contributed by atoms with Crippen molar-refractivity contribution in [2.75, 3.05) is 17.4 Å². The van der Waals surface area contributed by atoms with Gasteiger partial charge in [-0.15, -0.1) is 0 Å². The normalized spacial score (nSPS) is 12.1. The maximum atomic E-state index is 14.0. The van der Waals surface area contributed by atoms with Gasteiger partial charge in [0, 0.05) is 18.1 Å². The van der Waals surface area contributed by atoms with E-state index in [9.17, 15) is 18.0 Å². The standard InChI is InChI=1S/C29H32Cl3N3O4S/c1-4-16-33-29(37)27(5-2)34(18-21-8-6-7-9-24(21)30)28(36)19-35(22-12-15-25(31)26(32)17-22)40(38,39)23-13-10-20(3)11-14-23/h6-15,17,27H,4-5,16,18-19H2,1-3H3,(H,33,37). The van der Waals surface area contributed by atoms with Crippen LogP contribution in [0.15, 0.2) is 71.6 Å². The minimum Gasteiger partial charge on any atom is -0.354 e. The zero-order valence-electron chi connectivity index (χ0n) is 22.5. The molecule has 0 radical (unpaired) electrons. The molecule has 0 aliphatic carbocycles. The number of carbonyl (C=O) groups is 2. The molecule has 3 aromatic carbocycles. The molecule has 0 aromatic heterocycles. The van der Waals surface area contributed by atoms with Crippen molar-refractivity contribution in [1.82, 2.24) is 10.2 Å². The van der Waals surface area contributed by atoms with Crippen molar-refractivity contribution < 1.29 is 18.0 Å². The van der Waals surface area contributed by atoms with Gasteiger partial charge in [0.25, 0.3) is 10.0 Å². The molecule has 0 heterocycles. The summed E-state index contributed by atoms with van der Waals surface area (Å²) >= 11 is 18.8. The van der Waals surface area contributed by atoms with Crippen molar-refractivity contribution >= 4 is 62.3 Å². The highest BCUT2D eigenvalue weighted by Gasteiger charge is 2.34. The fraction of sp³-hybridized carbons (Fsp3) is 0.310. The lowest BCUT2D eigenvalue weighted by molar-refractivity contribution is -0.140. The van der Waals surface area contributed by atoms with Gasteiger partial charge in [-0.3, -0.25) is 13.9 Å². The number of amides is 2. The monoisotopic (exact) mass is 623 g/mol. The third-order valence-corrected chi connectivity index (χ3v) is 9.21. The smallest absolute Gasteiger partial charge is 0.264 e. The molecule has 3 rings (SSSR count). The van der Waals surface area contributed by atoms with Gasteiger partial charge in [-0.1, -0.05) is 84.5 Å². The van der Waals surface area contributed by atoms with Crippen molar-refractivity contribution in [3.05, 3.63) is 92.9 Å². The second-order valence-electron chi connectivity index (χ2n) is 9.25. The van der Waals surface area contributed by atoms with Gasteiger partial charge in [-0.05, 0) is 61.7 Å². The minimum absolute atomic E-state index is 0.00218. The highest BCUT2D eigenvalue weighted by atomic mass is 35.5. The summed E-state index contributed by atoms with van der Waals surface area (Å²) in [7, 11) is -4.22. The molecule has 1 N–H and O–H groups in total. The van der Waals surface area contributed by atoms with Crippen molar-refractivity contribution in [3.63, 3.8) is 0 Å². The van der Waals surface area contributed by atoms with Crippen LogP contribution in [0.1, 0.15) is 37.8 Å². The summed E-state index contributed by atoms with van der Waals surface area (Å²) in [6.07, 6.45) is 1.03. The van der Waals surface area contributed by atoms with Crippen LogP contribution in [-0.4, -0.2) is 44.3 Å². The molecule has 0 aliphatic heterocycles. The van der Waals surface area contributed by atoms with E-state index in [2.05, 4.69) is 5.32 Å². The van der Waals surface area contributed by atoms with Gasteiger partial charge in [0.1, 0.15) is 12.6 Å². The zero-order chi connectivity index (χ0) is 29.4. The fourth-order valence-corrected chi connectivity index (χ4v) is 6.00. The Labute approximate surface area is 251 Å². The summed E-state index contributed by atoms with van der Waals surface area (Å²) in [6.45, 7) is 5.44. The van der Waals surface area contributed by atoms with Crippen molar-refractivity contribution in [1.29, 1.82) is 0 Å². The molecule has 0 spiro atoms. The van der Waals surface area contributed by atoms with Crippen LogP contribution in [0, 0.1) is 6.92 Å². The van der Waals surface area contributed by atoms with Gasteiger partial charge in [-0.2, -0.15) is 0 Å². The molecule has 1 unspecified atom stereocenters. The van der Waals surface area contributed by atoms with Crippen LogP contribution >= 0.6 is 34.8 Å². The van der Waals surface area contributed by atoms with Crippen LogP contribution in [0.4, 0.5) is 5.69 Å². The third kappa shape index (κ3) is 7.69. The summed E-state index contributed by atoms with van der Waals surface area (Å²) in [5, 5.41) is 3.65. The Morgan fingerprint density at radius 3 is 2.17 bits per heavy atom. The van der Waals surface area contributed by atoms with Crippen molar-refractivity contribution in [2.45, 2.75) is 51.1 Å². The Balaban J connectivity index is 2.09. The Morgan fingerprint density at radius 2 is 1.57 bits per heavy atom. The second-order valence-corrected chi connectivity index (χ2v) is 12.3. The summed E-state index contributed by atoms with van der Waals surface area (Å²) in [5.74, 6) is -0.910. The van der Waals surface area contributed by atoms with Gasteiger partial charge in [-0.25, -0.2) is 8.42 Å². The molecule has 0 saturated heterocycles. The van der Waals surface area contributed by atoms with Crippen LogP contribution < -0.4 is 9.62 Å². The van der Waals surface area contributed by atoms with E-state index in [0.717, 1.165) is 16.3 Å². The molecule has 3 aromatic rings. The predicted molar refractivity (Wildman–Crippen MR) is 162 cm³/mol. The van der Waals surface area contributed by atoms with E-state index in [4.69, 9.17) is 34.8 Å². The molecule has 11 heteroatoms. The molecule has 214 valence electrons. The molecule has 40 heavy (non-hydrogen) atoms. The SMILES string of the molecule is CCCNC(=O)C(CC)N(Cc1ccccc1Cl)C(=O)CN(c1ccc(Cl)c(Cl)c1)S(=O)(=O)c1ccc(C)cc1. The van der Waals surface area contributed by atoms with Crippen molar-refractivity contribution in [2.24, 2.45) is 0 Å². The van der Waals surface area contributed by atoms with E-state index < -0.39 is 28.5 Å². The fourth-order valence-electron chi connectivity index (χ4n) is 4.10. The number of benzene rings is 3. The van der Waals surface area contributed by atoms with E-state index in [-0.39, 0.29) is 33.1 Å². The van der Waals surface area contributed by atoms with Crippen molar-refractivity contribution in [3.8, 4) is 0 Å². The highest BCUT2D eigenvalue weighted by Crippen LogP contribution is 2.31. The van der Waals surface area contributed by atoms with Gasteiger partial charge in [0.05, 0.1) is 20.6 Å². The molecule has 0 aliphatic rings. The maximum Gasteiger partial charge on any atom is 0.264 e. The molecule has 0 bridgehead atoms. The number of nitrogens with one attached hydrogen (secondary N) is 1. The Kier molecular flexibility index (Phi) is 11.3. The Hall–Kier alpha value is -2.78. The summed E-state index contributed by atoms with van der Waals surface area (Å²) < 4.78 is 28.8. The lowest BCUT2D eigenvalue weighted by Crippen LogP contribution is -2.52. The molecular formula is C29H32Cl3N3O4S. The second kappa shape index (κ2) is 14.2. The molecule has 2 amide bonds. The molecular weight excluding hydrogens is 593 g/mol. The molecule has 0 fully saturated rings. The number of anilines is 1. The summed E-state index contributed by atoms with van der Waals surface area (Å²) in [4.78, 5) is 28.6. The summed E-state index contributed by atoms with van der Waals surface area (Å²) in [6, 6.07) is 16.8. The minimum atomic E-state index is -4.22. The first-order valence-electron chi connectivity index (χ1n) is 12.8. The van der Waals surface area contributed by atoms with Gasteiger partial charge in [0.2, 0.25) is 11.8 Å². The summed E-state index contributed by atoms with van der Waals surface area (Å²) in [5.41, 5.74) is 1.66. The van der Waals surface area contributed by atoms with E-state index in [0.29, 0.717) is 23.6 Å². The van der Waals surface area contributed by atoms with Crippen LogP contribution in [0.25, 0.3) is 0 Å². The van der Waals surface area contributed by atoms with E-state index in [1.54, 1.807) is 43.3 Å². The topological polar surface area (TPSA) is 86.8 Å². The number of rotatable bonds is 12. The first-order valence-corrected chi connectivity index (χ1v) is 15.4. The maximum absolute atomic E-state index is 14.0. The van der Waals surface area contributed by atoms with Gasteiger partial charge < -0.3 is 10.2 Å². The Bertz CT molecular complexity index is 1450. The average Bonchev–Trinajstić information content (AvgIpc) is 2.93. The first-order chi connectivity index (χ1) is 19.0. The number of hydrogen-bond donors (Lipinski definition) is 1. The van der Waals surface area contributed by atoms with Gasteiger partial charge >= 0.3 is 0 Å². The predicted octanol–water partition coefficient (Wildman–Crippen LogP) is 6.48. The Morgan fingerprint density at radius 1 is 0.900 bits per heavy atom. The molecule has 1 atom stereocenters. The quantitative estimate of drug-likeness (QED) is 0.250. The lowest BCUT2D eigenvalue weighted by Gasteiger charge is -2.33. The third-order valence-electron chi connectivity index (χ3n) is 6.31. The van der Waals surface area contributed by atoms with Crippen LogP contribution in [0.2, 0.25) is 15.1 Å². The lowest BCUT2D eigenvalue weighted by atomic mass is 10.1. The number of aryl methyl sites for hydroxylation is 1. The van der Waals surface area contributed by atoms with Gasteiger partial charge in [0.15, 0.2) is 0 Å². The number of hydrogen-bond acceptors (Lipinski definition) is 4. The number of carbonyl (C=O) groups excluding carboxylic acids is 2.